The van der Waals surface area contributed by atoms with Crippen LogP contribution < -0.4 is 10.6 Å². The lowest BCUT2D eigenvalue weighted by Gasteiger charge is -2.15. The third kappa shape index (κ3) is 3.01. The Morgan fingerprint density at radius 3 is 3.14 bits per heavy atom. The van der Waals surface area contributed by atoms with Crippen molar-refractivity contribution in [3.63, 3.8) is 0 Å². The van der Waals surface area contributed by atoms with Crippen molar-refractivity contribution in [2.45, 2.75) is 38.6 Å². The van der Waals surface area contributed by atoms with Gasteiger partial charge in [-0.3, -0.25) is 9.59 Å². The van der Waals surface area contributed by atoms with Gasteiger partial charge in [0.25, 0.3) is 0 Å². The Bertz CT molecular complexity index is 694. The maximum absolute atomic E-state index is 12.2. The van der Waals surface area contributed by atoms with Crippen molar-refractivity contribution in [3.8, 4) is 0 Å². The minimum absolute atomic E-state index is 0.0602. The van der Waals surface area contributed by atoms with Gasteiger partial charge in [-0.25, -0.2) is 9.50 Å². The third-order valence-electron chi connectivity index (χ3n) is 3.50. The summed E-state index contributed by atoms with van der Waals surface area (Å²) in [7, 11) is 0. The van der Waals surface area contributed by atoms with Crippen LogP contribution in [0.25, 0.3) is 5.65 Å². The summed E-state index contributed by atoms with van der Waals surface area (Å²) in [4.78, 5) is 28.0. The molecule has 2 N–H and O–H groups in total. The summed E-state index contributed by atoms with van der Waals surface area (Å²) in [6, 6.07) is 3.11. The highest BCUT2D eigenvalue weighted by Gasteiger charge is 2.23. The number of nitrogens with zero attached hydrogens (tertiary/aromatic N) is 3. The molecule has 1 fully saturated rings. The molecule has 7 nitrogen and oxygen atoms in total. The van der Waals surface area contributed by atoms with E-state index in [0.29, 0.717) is 24.4 Å². The molecule has 7 heteroatoms. The minimum atomic E-state index is -0.465. The fourth-order valence-electron chi connectivity index (χ4n) is 2.47. The van der Waals surface area contributed by atoms with Crippen molar-refractivity contribution >= 4 is 23.1 Å². The van der Waals surface area contributed by atoms with Gasteiger partial charge in [-0.2, -0.15) is 5.10 Å². The van der Waals surface area contributed by atoms with E-state index in [4.69, 9.17) is 0 Å². The van der Waals surface area contributed by atoms with Crippen LogP contribution in [0.15, 0.2) is 18.3 Å². The zero-order chi connectivity index (χ0) is 14.8. The van der Waals surface area contributed by atoms with Crippen LogP contribution in [0.4, 0.5) is 5.69 Å². The Balaban J connectivity index is 1.74. The molecule has 0 radical (unpaired) electrons. The number of aryl methyl sites for hydroxylation is 1. The summed E-state index contributed by atoms with van der Waals surface area (Å²) < 4.78 is 1.62. The van der Waals surface area contributed by atoms with E-state index < -0.39 is 6.04 Å². The highest BCUT2D eigenvalue weighted by Crippen LogP contribution is 2.13. The second kappa shape index (κ2) is 5.51. The van der Waals surface area contributed by atoms with Gasteiger partial charge in [0.2, 0.25) is 11.8 Å². The molecule has 2 aromatic rings. The van der Waals surface area contributed by atoms with Gasteiger partial charge in [0.15, 0.2) is 5.65 Å². The maximum atomic E-state index is 12.2. The quantitative estimate of drug-likeness (QED) is 0.863. The van der Waals surface area contributed by atoms with Crippen molar-refractivity contribution < 1.29 is 9.59 Å². The molecule has 1 aliphatic heterocycles. The Labute approximate surface area is 121 Å². The second-order valence-corrected chi connectivity index (χ2v) is 5.23. The number of aromatic nitrogens is 3. The van der Waals surface area contributed by atoms with Gasteiger partial charge < -0.3 is 10.6 Å². The van der Waals surface area contributed by atoms with Crippen LogP contribution in [0.2, 0.25) is 0 Å². The number of carbonyl (C=O) groups excluding carboxylic acids is 2. The Morgan fingerprint density at radius 2 is 2.29 bits per heavy atom. The molecule has 1 atom stereocenters. The standard InChI is InChI=1S/C14H17N5O2/c1-9-15-12-7-6-10(8-19(12)18-9)16-14(21)11-4-2-3-5-13(20)17-11/h6-8,11H,2-5H2,1H3,(H,16,21)(H,17,20). The van der Waals surface area contributed by atoms with Gasteiger partial charge in [-0.15, -0.1) is 0 Å². The van der Waals surface area contributed by atoms with Crippen molar-refractivity contribution in [2.24, 2.45) is 0 Å². The van der Waals surface area contributed by atoms with E-state index >= 15 is 0 Å². The van der Waals surface area contributed by atoms with Gasteiger partial charge in [0.05, 0.1) is 11.9 Å². The molecule has 0 aliphatic carbocycles. The number of hydrogen-bond acceptors (Lipinski definition) is 4. The lowest BCUT2D eigenvalue weighted by atomic mass is 10.1. The maximum Gasteiger partial charge on any atom is 0.246 e. The van der Waals surface area contributed by atoms with Crippen LogP contribution in [0, 0.1) is 6.92 Å². The lowest BCUT2D eigenvalue weighted by Crippen LogP contribution is -2.42. The predicted octanol–water partition coefficient (Wildman–Crippen LogP) is 1.04. The average molecular weight is 287 g/mol. The van der Waals surface area contributed by atoms with E-state index in [1.165, 1.54) is 0 Å². The van der Waals surface area contributed by atoms with E-state index in [-0.39, 0.29) is 11.8 Å². The van der Waals surface area contributed by atoms with Crippen molar-refractivity contribution in [1.82, 2.24) is 19.9 Å². The van der Waals surface area contributed by atoms with Gasteiger partial charge in [0, 0.05) is 6.42 Å². The van der Waals surface area contributed by atoms with E-state index in [1.54, 1.807) is 22.8 Å². The number of nitrogens with one attached hydrogen (secondary N) is 2. The molecule has 0 saturated carbocycles. The van der Waals surface area contributed by atoms with Crippen molar-refractivity contribution in [3.05, 3.63) is 24.2 Å². The average Bonchev–Trinajstić information content (AvgIpc) is 2.66. The summed E-state index contributed by atoms with van der Waals surface area (Å²) >= 11 is 0. The van der Waals surface area contributed by atoms with E-state index in [1.807, 2.05) is 6.92 Å². The zero-order valence-corrected chi connectivity index (χ0v) is 11.8. The largest absolute Gasteiger partial charge is 0.344 e. The highest BCUT2D eigenvalue weighted by molar-refractivity contribution is 5.97. The molecule has 1 unspecified atom stereocenters. The number of anilines is 1. The van der Waals surface area contributed by atoms with Gasteiger partial charge in [-0.1, -0.05) is 6.42 Å². The fourth-order valence-corrected chi connectivity index (χ4v) is 2.47. The summed E-state index contributed by atoms with van der Waals surface area (Å²) in [6.07, 6.45) is 4.58. The summed E-state index contributed by atoms with van der Waals surface area (Å²) in [5, 5.41) is 9.78. The number of rotatable bonds is 2. The molecule has 3 heterocycles. The predicted molar refractivity (Wildman–Crippen MR) is 76.8 cm³/mol. The first-order chi connectivity index (χ1) is 10.1. The first-order valence-corrected chi connectivity index (χ1v) is 7.05. The van der Waals surface area contributed by atoms with Crippen LogP contribution in [0.5, 0.6) is 0 Å². The number of carbonyl (C=O) groups is 2. The van der Waals surface area contributed by atoms with E-state index in [0.717, 1.165) is 18.5 Å². The molecule has 0 spiro atoms. The summed E-state index contributed by atoms with van der Waals surface area (Å²) in [5.41, 5.74) is 1.36. The van der Waals surface area contributed by atoms with Crippen LogP contribution >= 0.6 is 0 Å². The minimum Gasteiger partial charge on any atom is -0.344 e. The smallest absolute Gasteiger partial charge is 0.246 e. The topological polar surface area (TPSA) is 88.4 Å². The Morgan fingerprint density at radius 1 is 1.43 bits per heavy atom. The third-order valence-corrected chi connectivity index (χ3v) is 3.50. The number of amides is 2. The molecule has 3 rings (SSSR count). The second-order valence-electron chi connectivity index (χ2n) is 5.23. The summed E-state index contributed by atoms with van der Waals surface area (Å²) in [5.74, 6) is 0.422. The van der Waals surface area contributed by atoms with Crippen LogP contribution in [-0.4, -0.2) is 32.5 Å². The molecule has 1 saturated heterocycles. The molecule has 1 aliphatic rings. The van der Waals surface area contributed by atoms with Crippen molar-refractivity contribution in [1.29, 1.82) is 0 Å². The molecule has 0 bridgehead atoms. The Kier molecular flexibility index (Phi) is 3.55. The fraction of sp³-hybridized carbons (Fsp3) is 0.429. The molecule has 0 aromatic carbocycles. The zero-order valence-electron chi connectivity index (χ0n) is 11.8. The number of hydrogen-bond donors (Lipinski definition) is 2. The monoisotopic (exact) mass is 287 g/mol. The van der Waals surface area contributed by atoms with E-state index in [2.05, 4.69) is 20.7 Å². The summed E-state index contributed by atoms with van der Waals surface area (Å²) in [6.45, 7) is 1.81. The molecular weight excluding hydrogens is 270 g/mol. The molecular formula is C14H17N5O2. The number of pyridine rings is 1. The SMILES string of the molecule is Cc1nc2ccc(NC(=O)C3CCCCC(=O)N3)cn2n1. The van der Waals surface area contributed by atoms with Gasteiger partial charge in [0.1, 0.15) is 11.9 Å². The van der Waals surface area contributed by atoms with Gasteiger partial charge in [-0.05, 0) is 31.9 Å². The molecule has 2 amide bonds. The first kappa shape index (κ1) is 13.5. The lowest BCUT2D eigenvalue weighted by molar-refractivity contribution is -0.125. The molecule has 2 aromatic heterocycles. The van der Waals surface area contributed by atoms with Crippen LogP contribution in [0.3, 0.4) is 0 Å². The van der Waals surface area contributed by atoms with Crippen molar-refractivity contribution in [2.75, 3.05) is 5.32 Å². The van der Waals surface area contributed by atoms with Crippen LogP contribution in [0.1, 0.15) is 31.5 Å². The van der Waals surface area contributed by atoms with Gasteiger partial charge >= 0.3 is 0 Å². The normalized spacial score (nSPS) is 19.1. The van der Waals surface area contributed by atoms with Crippen LogP contribution in [-0.2, 0) is 9.59 Å². The number of fused-ring (bicyclic) bond motifs is 1. The highest BCUT2D eigenvalue weighted by atomic mass is 16.2. The molecule has 110 valence electrons. The molecule has 21 heavy (non-hydrogen) atoms. The first-order valence-electron chi connectivity index (χ1n) is 7.05. The van der Waals surface area contributed by atoms with E-state index in [9.17, 15) is 9.59 Å². The Hall–Kier alpha value is -2.44.